The molecule has 1 aliphatic heterocycles. The Morgan fingerprint density at radius 3 is 2.77 bits per heavy atom. The van der Waals surface area contributed by atoms with E-state index in [1.54, 1.807) is 12.1 Å². The van der Waals surface area contributed by atoms with E-state index >= 15 is 0 Å². The number of halogens is 2. The summed E-state index contributed by atoms with van der Waals surface area (Å²) in [7, 11) is 0. The van der Waals surface area contributed by atoms with E-state index < -0.39 is 29.1 Å². The Kier molecular flexibility index (Phi) is 5.55. The van der Waals surface area contributed by atoms with Gasteiger partial charge >= 0.3 is 5.97 Å². The first-order valence-electron chi connectivity index (χ1n) is 6.26. The van der Waals surface area contributed by atoms with Crippen LogP contribution >= 0.6 is 35.0 Å². The lowest BCUT2D eigenvalue weighted by molar-refractivity contribution is -0.141. The van der Waals surface area contributed by atoms with Gasteiger partial charge in [0.1, 0.15) is 6.04 Å². The molecule has 2 atom stereocenters. The third kappa shape index (κ3) is 4.28. The van der Waals surface area contributed by atoms with Gasteiger partial charge in [-0.3, -0.25) is 9.59 Å². The van der Waals surface area contributed by atoms with Crippen LogP contribution in [0.15, 0.2) is 18.2 Å². The van der Waals surface area contributed by atoms with Gasteiger partial charge in [-0.2, -0.15) is 0 Å². The molecule has 1 fully saturated rings. The number of aliphatic carboxylic acids is 1. The summed E-state index contributed by atoms with van der Waals surface area (Å²) >= 11 is 12.9. The molecule has 3 N–H and O–H groups in total. The van der Waals surface area contributed by atoms with Gasteiger partial charge in [0.2, 0.25) is 11.8 Å². The van der Waals surface area contributed by atoms with Gasteiger partial charge in [0, 0.05) is 17.2 Å². The van der Waals surface area contributed by atoms with E-state index in [1.807, 2.05) is 0 Å². The highest BCUT2D eigenvalue weighted by molar-refractivity contribution is 8.00. The molecule has 118 valence electrons. The van der Waals surface area contributed by atoms with Crippen LogP contribution in [0.5, 0.6) is 0 Å². The maximum absolute atomic E-state index is 12.0. The van der Waals surface area contributed by atoms with Crippen molar-refractivity contribution in [2.24, 2.45) is 0 Å². The normalized spacial score (nSPS) is 21.1. The molecule has 1 aromatic rings. The van der Waals surface area contributed by atoms with E-state index in [-0.39, 0.29) is 12.2 Å². The third-order valence-electron chi connectivity index (χ3n) is 2.94. The predicted octanol–water partition coefficient (Wildman–Crippen LogP) is 2.01. The van der Waals surface area contributed by atoms with Crippen molar-refractivity contribution in [1.29, 1.82) is 0 Å². The van der Waals surface area contributed by atoms with E-state index in [0.29, 0.717) is 15.7 Å². The summed E-state index contributed by atoms with van der Waals surface area (Å²) < 4.78 is 0. The molecule has 0 bridgehead atoms. The highest BCUT2D eigenvalue weighted by Gasteiger charge is 2.33. The van der Waals surface area contributed by atoms with Crippen LogP contribution in [0.3, 0.4) is 0 Å². The highest BCUT2D eigenvalue weighted by Crippen LogP contribution is 2.27. The van der Waals surface area contributed by atoms with Crippen molar-refractivity contribution in [3.8, 4) is 0 Å². The summed E-state index contributed by atoms with van der Waals surface area (Å²) in [4.78, 5) is 34.6. The lowest BCUT2D eigenvalue weighted by atomic mass is 10.2. The number of benzene rings is 1. The molecule has 0 saturated carbocycles. The van der Waals surface area contributed by atoms with Crippen LogP contribution in [-0.2, 0) is 14.4 Å². The van der Waals surface area contributed by atoms with Crippen molar-refractivity contribution in [2.75, 3.05) is 11.1 Å². The van der Waals surface area contributed by atoms with Crippen LogP contribution in [0, 0.1) is 0 Å². The average Bonchev–Trinajstić information content (AvgIpc) is 2.45. The summed E-state index contributed by atoms with van der Waals surface area (Å²) in [5, 5.41) is 13.9. The minimum absolute atomic E-state index is 0.0777. The monoisotopic (exact) mass is 362 g/mol. The lowest BCUT2D eigenvalue weighted by Gasteiger charge is -2.25. The van der Waals surface area contributed by atoms with Gasteiger partial charge in [0.25, 0.3) is 0 Å². The fourth-order valence-electron chi connectivity index (χ4n) is 1.84. The molecule has 1 saturated heterocycles. The molecule has 0 spiro atoms. The predicted molar refractivity (Wildman–Crippen MR) is 85.5 cm³/mol. The van der Waals surface area contributed by atoms with Crippen LogP contribution in [0.4, 0.5) is 5.69 Å². The summed E-state index contributed by atoms with van der Waals surface area (Å²) in [6, 6.07) is 3.74. The molecule has 22 heavy (non-hydrogen) atoms. The second kappa shape index (κ2) is 7.21. The molecule has 2 amide bonds. The van der Waals surface area contributed by atoms with Crippen LogP contribution in [0.2, 0.25) is 10.0 Å². The van der Waals surface area contributed by atoms with Crippen LogP contribution in [-0.4, -0.2) is 39.9 Å². The van der Waals surface area contributed by atoms with E-state index in [1.165, 1.54) is 6.07 Å². The number of carbonyl (C=O) groups is 3. The van der Waals surface area contributed by atoms with Crippen LogP contribution in [0.1, 0.15) is 6.42 Å². The number of nitrogens with one attached hydrogen (secondary N) is 2. The summed E-state index contributed by atoms with van der Waals surface area (Å²) in [6.45, 7) is 0. The number of carboxylic acid groups (broad SMARTS) is 1. The molecule has 1 heterocycles. The molecule has 1 aromatic carbocycles. The SMILES string of the molecule is O=C(C[C@@H]1SC[C@@H](C(=O)O)NC1=O)Nc1cc(Cl)ccc1Cl. The van der Waals surface area contributed by atoms with Gasteiger partial charge < -0.3 is 15.7 Å². The molecule has 2 rings (SSSR count). The van der Waals surface area contributed by atoms with Crippen molar-refractivity contribution in [3.05, 3.63) is 28.2 Å². The van der Waals surface area contributed by atoms with Gasteiger partial charge in [-0.15, -0.1) is 11.8 Å². The minimum Gasteiger partial charge on any atom is -0.480 e. The molecule has 9 heteroatoms. The first kappa shape index (κ1) is 16.9. The fourth-order valence-corrected chi connectivity index (χ4v) is 3.32. The molecular formula is C13H12Cl2N2O4S. The van der Waals surface area contributed by atoms with Crippen molar-refractivity contribution in [1.82, 2.24) is 5.32 Å². The number of carbonyl (C=O) groups excluding carboxylic acids is 2. The van der Waals surface area contributed by atoms with Crippen molar-refractivity contribution >= 4 is 58.4 Å². The van der Waals surface area contributed by atoms with Crippen molar-refractivity contribution in [3.63, 3.8) is 0 Å². The Morgan fingerprint density at radius 1 is 1.41 bits per heavy atom. The summed E-state index contributed by atoms with van der Waals surface area (Å²) in [6.07, 6.45) is -0.0777. The van der Waals surface area contributed by atoms with Crippen molar-refractivity contribution < 1.29 is 19.5 Å². The number of hydrogen-bond donors (Lipinski definition) is 3. The van der Waals surface area contributed by atoms with Gasteiger partial charge in [0.05, 0.1) is 16.0 Å². The average molecular weight is 363 g/mol. The maximum Gasteiger partial charge on any atom is 0.327 e. The number of rotatable bonds is 4. The third-order valence-corrected chi connectivity index (χ3v) is 4.82. The molecule has 0 radical (unpaired) electrons. The molecule has 0 aromatic heterocycles. The van der Waals surface area contributed by atoms with Gasteiger partial charge in [-0.05, 0) is 18.2 Å². The molecule has 1 aliphatic rings. The van der Waals surface area contributed by atoms with E-state index in [4.69, 9.17) is 28.3 Å². The highest BCUT2D eigenvalue weighted by atomic mass is 35.5. The van der Waals surface area contributed by atoms with Gasteiger partial charge in [-0.1, -0.05) is 23.2 Å². The number of amides is 2. The minimum atomic E-state index is -1.09. The van der Waals surface area contributed by atoms with Crippen LogP contribution < -0.4 is 10.6 Å². The number of thioether (sulfide) groups is 1. The maximum atomic E-state index is 12.0. The molecule has 0 unspecified atom stereocenters. The van der Waals surface area contributed by atoms with Gasteiger partial charge in [0.15, 0.2) is 0 Å². The number of anilines is 1. The van der Waals surface area contributed by atoms with E-state index in [0.717, 1.165) is 11.8 Å². The lowest BCUT2D eigenvalue weighted by Crippen LogP contribution is -2.51. The Balaban J connectivity index is 1.94. The zero-order valence-corrected chi connectivity index (χ0v) is 13.5. The Hall–Kier alpha value is -1.44. The Morgan fingerprint density at radius 2 is 2.14 bits per heavy atom. The first-order chi connectivity index (χ1) is 10.4. The Labute approximate surface area is 140 Å². The second-order valence-corrected chi connectivity index (χ2v) is 6.68. The molecule has 0 aliphatic carbocycles. The zero-order chi connectivity index (χ0) is 16.3. The standard InChI is InChI=1S/C13H12Cl2N2O4S/c14-6-1-2-7(15)8(3-6)16-11(18)4-10-12(19)17-9(5-22-10)13(20)21/h1-3,9-10H,4-5H2,(H,16,18)(H,17,19)(H,20,21)/t9-,10-/m0/s1. The largest absolute Gasteiger partial charge is 0.480 e. The Bertz CT molecular complexity index is 626. The first-order valence-corrected chi connectivity index (χ1v) is 8.07. The second-order valence-electron chi connectivity index (χ2n) is 4.60. The van der Waals surface area contributed by atoms with E-state index in [9.17, 15) is 14.4 Å². The van der Waals surface area contributed by atoms with Gasteiger partial charge in [-0.25, -0.2) is 4.79 Å². The summed E-state index contributed by atoms with van der Waals surface area (Å²) in [5.74, 6) is -1.73. The smallest absolute Gasteiger partial charge is 0.327 e. The number of carboxylic acids is 1. The molecule has 6 nitrogen and oxygen atoms in total. The quantitative estimate of drug-likeness (QED) is 0.761. The molecular weight excluding hydrogens is 351 g/mol. The fraction of sp³-hybridized carbons (Fsp3) is 0.308. The summed E-state index contributed by atoms with van der Waals surface area (Å²) in [5.41, 5.74) is 0.365. The number of hydrogen-bond acceptors (Lipinski definition) is 4. The van der Waals surface area contributed by atoms with Crippen LogP contribution in [0.25, 0.3) is 0 Å². The topological polar surface area (TPSA) is 95.5 Å². The van der Waals surface area contributed by atoms with E-state index in [2.05, 4.69) is 10.6 Å². The zero-order valence-electron chi connectivity index (χ0n) is 11.1. The van der Waals surface area contributed by atoms with Crippen molar-refractivity contribution in [2.45, 2.75) is 17.7 Å².